The van der Waals surface area contributed by atoms with E-state index in [-0.39, 0.29) is 18.4 Å². The highest BCUT2D eigenvalue weighted by Crippen LogP contribution is 2.27. The summed E-state index contributed by atoms with van der Waals surface area (Å²) in [5.74, 6) is 0.132. The molecule has 0 aliphatic heterocycles. The van der Waals surface area contributed by atoms with Gasteiger partial charge in [-0.05, 0) is 18.8 Å². The normalized spacial score (nSPS) is 19.3. The highest BCUT2D eigenvalue weighted by molar-refractivity contribution is 5.70. The van der Waals surface area contributed by atoms with Crippen LogP contribution in [0.4, 0.5) is 0 Å². The fourth-order valence-electron chi connectivity index (χ4n) is 2.21. The molecule has 0 saturated heterocycles. The van der Waals surface area contributed by atoms with Gasteiger partial charge in [0.1, 0.15) is 0 Å². The second-order valence-electron chi connectivity index (χ2n) is 4.03. The van der Waals surface area contributed by atoms with Gasteiger partial charge in [-0.3, -0.25) is 9.59 Å². The molecule has 1 unspecified atom stereocenters. The van der Waals surface area contributed by atoms with Gasteiger partial charge in [0.2, 0.25) is 0 Å². The molecule has 1 amide bonds. The summed E-state index contributed by atoms with van der Waals surface area (Å²) in [5, 5.41) is 2.61. The first-order chi connectivity index (χ1) is 7.27. The van der Waals surface area contributed by atoms with Gasteiger partial charge in [0.05, 0.1) is 13.5 Å². The van der Waals surface area contributed by atoms with E-state index in [2.05, 4.69) is 10.1 Å². The van der Waals surface area contributed by atoms with Crippen LogP contribution < -0.4 is 5.32 Å². The zero-order valence-corrected chi connectivity index (χ0v) is 9.12. The summed E-state index contributed by atoms with van der Waals surface area (Å²) in [4.78, 5) is 21.5. The molecule has 1 aliphatic carbocycles. The summed E-state index contributed by atoms with van der Waals surface area (Å²) in [7, 11) is 1.37. The Morgan fingerprint density at radius 1 is 1.47 bits per heavy atom. The Morgan fingerprint density at radius 2 is 2.13 bits per heavy atom. The van der Waals surface area contributed by atoms with Crippen molar-refractivity contribution >= 4 is 12.4 Å². The Kier molecular flexibility index (Phi) is 5.15. The molecule has 85 valence electrons. The molecule has 4 heteroatoms. The lowest BCUT2D eigenvalue weighted by Crippen LogP contribution is -2.38. The van der Waals surface area contributed by atoms with Crippen LogP contribution in [0.2, 0.25) is 0 Å². The lowest BCUT2D eigenvalue weighted by Gasteiger charge is -2.28. The second kappa shape index (κ2) is 6.43. The first-order valence-electron chi connectivity index (χ1n) is 5.47. The molecule has 0 bridgehead atoms. The first kappa shape index (κ1) is 12.0. The van der Waals surface area contributed by atoms with E-state index < -0.39 is 0 Å². The highest BCUT2D eigenvalue weighted by atomic mass is 16.5. The quantitative estimate of drug-likeness (QED) is 0.549. The number of ether oxygens (including phenoxy) is 1. The smallest absolute Gasteiger partial charge is 0.309 e. The third-order valence-corrected chi connectivity index (χ3v) is 3.08. The van der Waals surface area contributed by atoms with Crippen molar-refractivity contribution in [2.45, 2.75) is 44.6 Å². The maximum Gasteiger partial charge on any atom is 0.309 e. The van der Waals surface area contributed by atoms with Crippen molar-refractivity contribution in [2.24, 2.45) is 5.92 Å². The maximum atomic E-state index is 11.1. The molecule has 4 nitrogen and oxygen atoms in total. The van der Waals surface area contributed by atoms with Gasteiger partial charge in [0, 0.05) is 6.04 Å². The zero-order chi connectivity index (χ0) is 11.1. The van der Waals surface area contributed by atoms with Crippen LogP contribution in [0.3, 0.4) is 0 Å². The maximum absolute atomic E-state index is 11.1. The van der Waals surface area contributed by atoms with E-state index in [0.717, 1.165) is 12.8 Å². The summed E-state index contributed by atoms with van der Waals surface area (Å²) in [6.45, 7) is 0. The largest absolute Gasteiger partial charge is 0.469 e. The summed E-state index contributed by atoms with van der Waals surface area (Å²) in [6, 6.07) is -0.102. The lowest BCUT2D eigenvalue weighted by atomic mass is 9.83. The standard InChI is InChI=1S/C11H18NO3/c1-15-11(14)7-10(12-8-13)9-5-3-2-4-6-9/h9-10H,2-7H2,1H3,(H,12,13). The van der Waals surface area contributed by atoms with Crippen molar-refractivity contribution in [2.75, 3.05) is 7.11 Å². The Hall–Kier alpha value is -1.06. The molecule has 0 aromatic heterocycles. The number of hydrogen-bond acceptors (Lipinski definition) is 3. The molecule has 0 aromatic carbocycles. The topological polar surface area (TPSA) is 55.4 Å². The van der Waals surface area contributed by atoms with Crippen molar-refractivity contribution < 1.29 is 14.3 Å². The van der Waals surface area contributed by atoms with E-state index >= 15 is 0 Å². The van der Waals surface area contributed by atoms with Gasteiger partial charge in [0.15, 0.2) is 0 Å². The van der Waals surface area contributed by atoms with Crippen molar-refractivity contribution in [3.63, 3.8) is 0 Å². The van der Waals surface area contributed by atoms with Crippen LogP contribution in [0.25, 0.3) is 0 Å². The van der Waals surface area contributed by atoms with E-state index in [1.165, 1.54) is 26.4 Å². The fourth-order valence-corrected chi connectivity index (χ4v) is 2.21. The van der Waals surface area contributed by atoms with Gasteiger partial charge in [-0.15, -0.1) is 0 Å². The predicted octanol–water partition coefficient (Wildman–Crippen LogP) is 1.16. The van der Waals surface area contributed by atoms with Gasteiger partial charge in [-0.25, -0.2) is 0 Å². The molecule has 0 aromatic rings. The SMILES string of the molecule is COC(=O)CC(N[C]=O)C1CCCCC1. The van der Waals surface area contributed by atoms with Crippen molar-refractivity contribution in [3.05, 3.63) is 0 Å². The summed E-state index contributed by atoms with van der Waals surface area (Å²) >= 11 is 0. The Labute approximate surface area is 90.4 Å². The van der Waals surface area contributed by atoms with E-state index in [0.29, 0.717) is 5.92 Å². The number of methoxy groups -OCH3 is 1. The van der Waals surface area contributed by atoms with Gasteiger partial charge in [-0.1, -0.05) is 19.3 Å². The van der Waals surface area contributed by atoms with Gasteiger partial charge in [-0.2, -0.15) is 0 Å². The highest BCUT2D eigenvalue weighted by Gasteiger charge is 2.25. The van der Waals surface area contributed by atoms with Crippen LogP contribution >= 0.6 is 0 Å². The molecule has 1 atom stereocenters. The van der Waals surface area contributed by atoms with Crippen LogP contribution in [-0.2, 0) is 14.3 Å². The number of esters is 1. The Morgan fingerprint density at radius 3 is 2.67 bits per heavy atom. The minimum absolute atomic E-state index is 0.102. The van der Waals surface area contributed by atoms with Crippen LogP contribution in [0.15, 0.2) is 0 Å². The number of carbonyl (C=O) groups is 1. The Balaban J connectivity index is 2.46. The number of amides is 1. The van der Waals surface area contributed by atoms with E-state index in [1.807, 2.05) is 0 Å². The molecule has 0 spiro atoms. The molecule has 1 N–H and O–H groups in total. The van der Waals surface area contributed by atoms with Crippen molar-refractivity contribution in [1.29, 1.82) is 0 Å². The number of carbonyl (C=O) groups excluding carboxylic acids is 2. The average molecular weight is 212 g/mol. The molecule has 1 aliphatic rings. The minimum atomic E-state index is -0.270. The van der Waals surface area contributed by atoms with Crippen molar-refractivity contribution in [1.82, 2.24) is 5.32 Å². The molecular weight excluding hydrogens is 194 g/mol. The molecule has 1 rings (SSSR count). The number of nitrogens with one attached hydrogen (secondary N) is 1. The van der Waals surface area contributed by atoms with Crippen LogP contribution in [0.5, 0.6) is 0 Å². The van der Waals surface area contributed by atoms with Gasteiger partial charge in [0.25, 0.3) is 0 Å². The predicted molar refractivity (Wildman–Crippen MR) is 55.8 cm³/mol. The first-order valence-corrected chi connectivity index (χ1v) is 5.47. The molecule has 1 saturated carbocycles. The lowest BCUT2D eigenvalue weighted by molar-refractivity contribution is -0.141. The van der Waals surface area contributed by atoms with Crippen molar-refractivity contribution in [3.8, 4) is 0 Å². The monoisotopic (exact) mass is 212 g/mol. The van der Waals surface area contributed by atoms with E-state index in [1.54, 1.807) is 6.41 Å². The molecule has 0 heterocycles. The van der Waals surface area contributed by atoms with Gasteiger partial charge < -0.3 is 10.1 Å². The molecule has 15 heavy (non-hydrogen) atoms. The molecule has 1 fully saturated rings. The van der Waals surface area contributed by atoms with Gasteiger partial charge >= 0.3 is 12.4 Å². The summed E-state index contributed by atoms with van der Waals surface area (Å²) < 4.78 is 4.61. The molecular formula is C11H18NO3. The summed E-state index contributed by atoms with van der Waals surface area (Å²) in [5.41, 5.74) is 0. The second-order valence-corrected chi connectivity index (χ2v) is 4.03. The number of rotatable bonds is 5. The van der Waals surface area contributed by atoms with E-state index in [4.69, 9.17) is 0 Å². The average Bonchev–Trinajstić information content (AvgIpc) is 2.29. The third-order valence-electron chi connectivity index (χ3n) is 3.08. The fraction of sp³-hybridized carbons (Fsp3) is 0.818. The zero-order valence-electron chi connectivity index (χ0n) is 9.12. The Bertz CT molecular complexity index is 212. The van der Waals surface area contributed by atoms with Crippen LogP contribution in [0.1, 0.15) is 38.5 Å². The van der Waals surface area contributed by atoms with E-state index in [9.17, 15) is 9.59 Å². The van der Waals surface area contributed by atoms with Crippen LogP contribution in [-0.4, -0.2) is 25.5 Å². The van der Waals surface area contributed by atoms with Crippen LogP contribution in [0, 0.1) is 5.92 Å². The summed E-state index contributed by atoms with van der Waals surface area (Å²) in [6.07, 6.45) is 7.73. The molecule has 1 radical (unpaired) electrons. The number of hydrogen-bond donors (Lipinski definition) is 1. The minimum Gasteiger partial charge on any atom is -0.469 e. The third kappa shape index (κ3) is 3.90.